The van der Waals surface area contributed by atoms with Crippen molar-refractivity contribution in [2.24, 2.45) is 7.05 Å². The van der Waals surface area contributed by atoms with Gasteiger partial charge in [-0.1, -0.05) is 12.1 Å². The Labute approximate surface area is 98.2 Å². The standard InChI is InChI=1S/C11H13N3O3/c1-3-9-12-10(17-13-9)7-16-11(15)8-5-4-6-14(8)2/h4-6H,3,7H2,1-2H3. The summed E-state index contributed by atoms with van der Waals surface area (Å²) in [6, 6.07) is 3.46. The third-order valence-electron chi connectivity index (χ3n) is 2.31. The van der Waals surface area contributed by atoms with Gasteiger partial charge in [-0.25, -0.2) is 4.79 Å². The number of carbonyl (C=O) groups excluding carboxylic acids is 1. The van der Waals surface area contributed by atoms with Gasteiger partial charge in [0.1, 0.15) is 5.69 Å². The van der Waals surface area contributed by atoms with E-state index in [1.165, 1.54) is 0 Å². The van der Waals surface area contributed by atoms with Crippen molar-refractivity contribution in [1.82, 2.24) is 14.7 Å². The van der Waals surface area contributed by atoms with Crippen LogP contribution in [-0.2, 0) is 24.8 Å². The summed E-state index contributed by atoms with van der Waals surface area (Å²) in [5.74, 6) is 0.507. The van der Waals surface area contributed by atoms with Gasteiger partial charge in [-0.15, -0.1) is 0 Å². The fraction of sp³-hybridized carbons (Fsp3) is 0.364. The molecule has 0 aromatic carbocycles. The van der Waals surface area contributed by atoms with Crippen molar-refractivity contribution in [3.63, 3.8) is 0 Å². The Morgan fingerprint density at radius 3 is 3.00 bits per heavy atom. The van der Waals surface area contributed by atoms with Gasteiger partial charge in [0.05, 0.1) is 0 Å². The van der Waals surface area contributed by atoms with Crippen LogP contribution in [0, 0.1) is 0 Å². The second-order valence-electron chi connectivity index (χ2n) is 3.54. The molecule has 0 spiro atoms. The summed E-state index contributed by atoms with van der Waals surface area (Å²) >= 11 is 0. The minimum atomic E-state index is -0.409. The third kappa shape index (κ3) is 2.52. The predicted octanol–water partition coefficient (Wildman–Crippen LogP) is 1.33. The average molecular weight is 235 g/mol. The topological polar surface area (TPSA) is 70.2 Å². The molecule has 2 rings (SSSR count). The van der Waals surface area contributed by atoms with Crippen molar-refractivity contribution in [1.29, 1.82) is 0 Å². The molecule has 0 radical (unpaired) electrons. The van der Waals surface area contributed by atoms with E-state index in [0.29, 0.717) is 23.8 Å². The summed E-state index contributed by atoms with van der Waals surface area (Å²) < 4.78 is 11.7. The van der Waals surface area contributed by atoms with Crippen LogP contribution in [0.4, 0.5) is 0 Å². The Balaban J connectivity index is 1.94. The molecule has 90 valence electrons. The molecule has 0 aliphatic carbocycles. The van der Waals surface area contributed by atoms with Crippen molar-refractivity contribution in [3.05, 3.63) is 35.7 Å². The molecule has 2 aromatic heterocycles. The van der Waals surface area contributed by atoms with Crippen LogP contribution in [0.25, 0.3) is 0 Å². The van der Waals surface area contributed by atoms with Crippen LogP contribution in [0.5, 0.6) is 0 Å². The summed E-state index contributed by atoms with van der Waals surface area (Å²) in [7, 11) is 1.78. The molecule has 6 nitrogen and oxygen atoms in total. The van der Waals surface area contributed by atoms with E-state index in [1.54, 1.807) is 29.9 Å². The maximum atomic E-state index is 11.6. The molecule has 17 heavy (non-hydrogen) atoms. The number of ether oxygens (including phenoxy) is 1. The highest BCUT2D eigenvalue weighted by Crippen LogP contribution is 2.05. The van der Waals surface area contributed by atoms with Crippen LogP contribution in [0.3, 0.4) is 0 Å². The average Bonchev–Trinajstić information content (AvgIpc) is 2.94. The molecule has 0 bridgehead atoms. The second kappa shape index (κ2) is 4.82. The number of carbonyl (C=O) groups is 1. The van der Waals surface area contributed by atoms with Gasteiger partial charge in [0, 0.05) is 19.7 Å². The second-order valence-corrected chi connectivity index (χ2v) is 3.54. The first-order valence-electron chi connectivity index (χ1n) is 5.30. The summed E-state index contributed by atoms with van der Waals surface area (Å²) in [5, 5.41) is 3.71. The molecule has 0 N–H and O–H groups in total. The van der Waals surface area contributed by atoms with E-state index in [2.05, 4.69) is 10.1 Å². The molecule has 0 amide bonds. The molecule has 0 aliphatic rings. The van der Waals surface area contributed by atoms with Crippen molar-refractivity contribution >= 4 is 5.97 Å². The molecule has 0 saturated heterocycles. The lowest BCUT2D eigenvalue weighted by molar-refractivity contribution is 0.0418. The molecule has 2 aromatic rings. The van der Waals surface area contributed by atoms with E-state index < -0.39 is 5.97 Å². The summed E-state index contributed by atoms with van der Waals surface area (Å²) in [5.41, 5.74) is 0.486. The lowest BCUT2D eigenvalue weighted by Gasteiger charge is -2.02. The quantitative estimate of drug-likeness (QED) is 0.747. The van der Waals surface area contributed by atoms with Gasteiger partial charge >= 0.3 is 5.97 Å². The number of hydrogen-bond donors (Lipinski definition) is 0. The predicted molar refractivity (Wildman–Crippen MR) is 58.2 cm³/mol. The monoisotopic (exact) mass is 235 g/mol. The molecule has 6 heteroatoms. The first-order valence-corrected chi connectivity index (χ1v) is 5.30. The number of nitrogens with zero attached hydrogens (tertiary/aromatic N) is 3. The molecule has 0 fully saturated rings. The van der Waals surface area contributed by atoms with Gasteiger partial charge in [0.15, 0.2) is 12.4 Å². The number of aryl methyl sites for hydroxylation is 2. The van der Waals surface area contributed by atoms with Crippen molar-refractivity contribution < 1.29 is 14.1 Å². The van der Waals surface area contributed by atoms with E-state index >= 15 is 0 Å². The van der Waals surface area contributed by atoms with Gasteiger partial charge in [-0.05, 0) is 12.1 Å². The summed E-state index contributed by atoms with van der Waals surface area (Å²) in [6.07, 6.45) is 2.47. The molecule has 2 heterocycles. The highest BCUT2D eigenvalue weighted by atomic mass is 16.6. The lowest BCUT2D eigenvalue weighted by atomic mass is 10.4. The van der Waals surface area contributed by atoms with Gasteiger partial charge in [-0.2, -0.15) is 4.98 Å². The smallest absolute Gasteiger partial charge is 0.355 e. The van der Waals surface area contributed by atoms with Crippen LogP contribution in [0.15, 0.2) is 22.9 Å². The van der Waals surface area contributed by atoms with Gasteiger partial charge in [-0.3, -0.25) is 0 Å². The summed E-state index contributed by atoms with van der Waals surface area (Å²) in [4.78, 5) is 15.7. The molecule has 0 aliphatic heterocycles. The van der Waals surface area contributed by atoms with Crippen LogP contribution in [0.1, 0.15) is 29.1 Å². The zero-order chi connectivity index (χ0) is 12.3. The normalized spacial score (nSPS) is 10.5. The Morgan fingerprint density at radius 1 is 1.59 bits per heavy atom. The zero-order valence-electron chi connectivity index (χ0n) is 9.71. The Bertz CT molecular complexity index is 516. The van der Waals surface area contributed by atoms with Crippen LogP contribution in [-0.4, -0.2) is 20.7 Å². The fourth-order valence-electron chi connectivity index (χ4n) is 1.37. The van der Waals surface area contributed by atoms with E-state index in [0.717, 1.165) is 0 Å². The van der Waals surface area contributed by atoms with Crippen LogP contribution >= 0.6 is 0 Å². The molecule has 0 atom stereocenters. The van der Waals surface area contributed by atoms with Gasteiger partial charge in [0.2, 0.25) is 0 Å². The van der Waals surface area contributed by atoms with E-state index in [-0.39, 0.29) is 6.61 Å². The molecule has 0 unspecified atom stereocenters. The van der Waals surface area contributed by atoms with Gasteiger partial charge < -0.3 is 13.8 Å². The van der Waals surface area contributed by atoms with Crippen molar-refractivity contribution in [3.8, 4) is 0 Å². The number of aromatic nitrogens is 3. The maximum absolute atomic E-state index is 11.6. The van der Waals surface area contributed by atoms with E-state index in [9.17, 15) is 4.79 Å². The Morgan fingerprint density at radius 2 is 2.41 bits per heavy atom. The lowest BCUT2D eigenvalue weighted by Crippen LogP contribution is -2.09. The van der Waals surface area contributed by atoms with Crippen molar-refractivity contribution in [2.75, 3.05) is 0 Å². The number of rotatable bonds is 4. The van der Waals surface area contributed by atoms with Crippen LogP contribution < -0.4 is 0 Å². The Kier molecular flexibility index (Phi) is 3.22. The fourth-order valence-corrected chi connectivity index (χ4v) is 1.37. The van der Waals surface area contributed by atoms with Crippen LogP contribution in [0.2, 0.25) is 0 Å². The van der Waals surface area contributed by atoms with Crippen molar-refractivity contribution in [2.45, 2.75) is 20.0 Å². The number of hydrogen-bond acceptors (Lipinski definition) is 5. The maximum Gasteiger partial charge on any atom is 0.355 e. The first-order chi connectivity index (χ1) is 8.20. The minimum absolute atomic E-state index is 0.00296. The first kappa shape index (κ1) is 11.4. The van der Waals surface area contributed by atoms with E-state index in [4.69, 9.17) is 9.26 Å². The molecular weight excluding hydrogens is 222 g/mol. The SMILES string of the molecule is CCc1noc(COC(=O)c2cccn2C)n1. The molecular formula is C11H13N3O3. The highest BCUT2D eigenvalue weighted by Gasteiger charge is 2.12. The Hall–Kier alpha value is -2.11. The minimum Gasteiger partial charge on any atom is -0.451 e. The highest BCUT2D eigenvalue weighted by molar-refractivity contribution is 5.87. The van der Waals surface area contributed by atoms with Gasteiger partial charge in [0.25, 0.3) is 5.89 Å². The largest absolute Gasteiger partial charge is 0.451 e. The molecule has 0 saturated carbocycles. The zero-order valence-corrected chi connectivity index (χ0v) is 9.71. The third-order valence-corrected chi connectivity index (χ3v) is 2.31. The number of esters is 1. The summed E-state index contributed by atoms with van der Waals surface area (Å²) in [6.45, 7) is 1.92. The van der Waals surface area contributed by atoms with E-state index in [1.807, 2.05) is 6.92 Å².